The molecule has 20 heavy (non-hydrogen) atoms. The largest absolute Gasteiger partial charge is 0.370 e. The van der Waals surface area contributed by atoms with Crippen LogP contribution in [0, 0.1) is 11.3 Å². The molecule has 2 rings (SSSR count). The Kier molecular flexibility index (Phi) is 5.03. The molecule has 0 bridgehead atoms. The monoisotopic (exact) mass is 338 g/mol. The number of Topliss-reactive ketones (excluding diaryl/α,β-unsaturated/α-hetero) is 1. The summed E-state index contributed by atoms with van der Waals surface area (Å²) in [7, 11) is 0. The molecule has 110 valence electrons. The normalized spacial score (nSPS) is 25.4. The molecule has 0 radical (unpaired) electrons. The number of benzene rings is 1. The van der Waals surface area contributed by atoms with Gasteiger partial charge in [0.05, 0.1) is 6.10 Å². The molecule has 0 aromatic heterocycles. The molecule has 1 fully saturated rings. The van der Waals surface area contributed by atoms with Gasteiger partial charge in [0.1, 0.15) is 6.61 Å². The van der Waals surface area contributed by atoms with Crippen molar-refractivity contribution in [2.75, 3.05) is 6.61 Å². The molecule has 3 heteroatoms. The lowest BCUT2D eigenvalue weighted by atomic mass is 9.71. The van der Waals surface area contributed by atoms with Gasteiger partial charge in [-0.3, -0.25) is 4.79 Å². The molecule has 1 aromatic carbocycles. The van der Waals surface area contributed by atoms with Gasteiger partial charge < -0.3 is 4.74 Å². The highest BCUT2D eigenvalue weighted by Crippen LogP contribution is 2.39. The maximum Gasteiger partial charge on any atom is 0.189 e. The Balaban J connectivity index is 1.92. The van der Waals surface area contributed by atoms with Crippen molar-refractivity contribution < 1.29 is 9.53 Å². The van der Waals surface area contributed by atoms with E-state index in [1.807, 2.05) is 24.3 Å². The second kappa shape index (κ2) is 6.40. The fourth-order valence-electron chi connectivity index (χ4n) is 3.34. The van der Waals surface area contributed by atoms with Gasteiger partial charge in [0, 0.05) is 10.0 Å². The van der Waals surface area contributed by atoms with E-state index >= 15 is 0 Å². The Morgan fingerprint density at radius 1 is 1.35 bits per heavy atom. The summed E-state index contributed by atoms with van der Waals surface area (Å²) in [5.41, 5.74) is 1.02. The van der Waals surface area contributed by atoms with Crippen LogP contribution in [-0.4, -0.2) is 18.5 Å². The fraction of sp³-hybridized carbons (Fsp3) is 0.588. The van der Waals surface area contributed by atoms with E-state index in [0.29, 0.717) is 16.9 Å². The molecule has 1 saturated carbocycles. The van der Waals surface area contributed by atoms with Gasteiger partial charge in [0.2, 0.25) is 0 Å². The van der Waals surface area contributed by atoms with Crippen LogP contribution >= 0.6 is 15.9 Å². The van der Waals surface area contributed by atoms with Crippen LogP contribution < -0.4 is 0 Å². The van der Waals surface area contributed by atoms with Crippen LogP contribution in [0.2, 0.25) is 0 Å². The average molecular weight is 339 g/mol. The van der Waals surface area contributed by atoms with Gasteiger partial charge in [-0.25, -0.2) is 0 Å². The summed E-state index contributed by atoms with van der Waals surface area (Å²) in [6.45, 7) is 7.02. The van der Waals surface area contributed by atoms with Crippen LogP contribution in [0.25, 0.3) is 0 Å². The zero-order valence-corrected chi connectivity index (χ0v) is 14.1. The fourth-order valence-corrected chi connectivity index (χ4v) is 3.85. The average Bonchev–Trinajstić information content (AvgIpc) is 2.34. The van der Waals surface area contributed by atoms with E-state index in [-0.39, 0.29) is 18.5 Å². The number of hydrogen-bond acceptors (Lipinski definition) is 2. The van der Waals surface area contributed by atoms with Crippen LogP contribution in [0.3, 0.4) is 0 Å². The van der Waals surface area contributed by atoms with Crippen molar-refractivity contribution in [1.29, 1.82) is 0 Å². The number of carbonyl (C=O) groups excluding carboxylic acids is 1. The van der Waals surface area contributed by atoms with Crippen molar-refractivity contribution in [1.82, 2.24) is 0 Å². The van der Waals surface area contributed by atoms with E-state index in [2.05, 4.69) is 36.7 Å². The Bertz CT molecular complexity index is 482. The summed E-state index contributed by atoms with van der Waals surface area (Å²) in [4.78, 5) is 12.2. The summed E-state index contributed by atoms with van der Waals surface area (Å²) in [5.74, 6) is 0.718. The third-order valence-corrected chi connectivity index (χ3v) is 4.66. The number of ketones is 1. The molecule has 1 aromatic rings. The molecule has 0 heterocycles. The van der Waals surface area contributed by atoms with Crippen LogP contribution in [0.15, 0.2) is 28.7 Å². The highest BCUT2D eigenvalue weighted by Gasteiger charge is 2.32. The summed E-state index contributed by atoms with van der Waals surface area (Å²) in [6, 6.07) is 7.51. The molecule has 1 aliphatic rings. The van der Waals surface area contributed by atoms with Crippen molar-refractivity contribution in [3.63, 3.8) is 0 Å². The molecular formula is C17H23BrO2. The predicted octanol–water partition coefficient (Wildman–Crippen LogP) is 4.86. The summed E-state index contributed by atoms with van der Waals surface area (Å²) < 4.78 is 6.73. The predicted molar refractivity (Wildman–Crippen MR) is 85.0 cm³/mol. The van der Waals surface area contributed by atoms with E-state index in [1.165, 1.54) is 6.42 Å². The number of halogens is 1. The van der Waals surface area contributed by atoms with Gasteiger partial charge >= 0.3 is 0 Å². The van der Waals surface area contributed by atoms with E-state index < -0.39 is 0 Å². The molecule has 0 spiro atoms. The quantitative estimate of drug-likeness (QED) is 0.732. The van der Waals surface area contributed by atoms with Crippen LogP contribution in [0.1, 0.15) is 50.4 Å². The first-order chi connectivity index (χ1) is 9.37. The third-order valence-electron chi connectivity index (χ3n) is 3.97. The Labute approximate surface area is 130 Å². The number of ether oxygens (including phenoxy) is 1. The van der Waals surface area contributed by atoms with Gasteiger partial charge in [-0.2, -0.15) is 0 Å². The molecule has 0 saturated heterocycles. The van der Waals surface area contributed by atoms with Crippen LogP contribution in [0.5, 0.6) is 0 Å². The first-order valence-corrected chi connectivity index (χ1v) is 8.06. The highest BCUT2D eigenvalue weighted by atomic mass is 79.9. The number of rotatable bonds is 4. The van der Waals surface area contributed by atoms with Crippen molar-refractivity contribution in [2.45, 2.75) is 46.1 Å². The van der Waals surface area contributed by atoms with Gasteiger partial charge in [0.15, 0.2) is 5.78 Å². The van der Waals surface area contributed by atoms with Crippen molar-refractivity contribution in [2.24, 2.45) is 11.3 Å². The molecule has 2 atom stereocenters. The molecule has 2 unspecified atom stereocenters. The molecule has 0 amide bonds. The number of hydrogen-bond donors (Lipinski definition) is 0. The SMILES string of the molecule is CC1CC(OCC(=O)c2ccccc2Br)CC(C)(C)C1. The first-order valence-electron chi connectivity index (χ1n) is 7.27. The lowest BCUT2D eigenvalue weighted by Crippen LogP contribution is -2.33. The minimum Gasteiger partial charge on any atom is -0.370 e. The smallest absolute Gasteiger partial charge is 0.189 e. The van der Waals surface area contributed by atoms with Crippen molar-refractivity contribution >= 4 is 21.7 Å². The summed E-state index contributed by atoms with van der Waals surface area (Å²) in [5, 5.41) is 0. The van der Waals surface area contributed by atoms with Crippen LogP contribution in [-0.2, 0) is 4.74 Å². The zero-order valence-electron chi connectivity index (χ0n) is 12.5. The lowest BCUT2D eigenvalue weighted by molar-refractivity contribution is -0.0167. The second-order valence-electron chi connectivity index (χ2n) is 6.75. The zero-order chi connectivity index (χ0) is 14.8. The lowest BCUT2D eigenvalue weighted by Gasteiger charge is -2.38. The second-order valence-corrected chi connectivity index (χ2v) is 7.60. The van der Waals surface area contributed by atoms with Gasteiger partial charge in [-0.1, -0.05) is 54.9 Å². The van der Waals surface area contributed by atoms with Gasteiger partial charge in [-0.05, 0) is 36.7 Å². The van der Waals surface area contributed by atoms with Crippen molar-refractivity contribution in [3.8, 4) is 0 Å². The van der Waals surface area contributed by atoms with Crippen LogP contribution in [0.4, 0.5) is 0 Å². The summed E-state index contributed by atoms with van der Waals surface area (Å²) in [6.07, 6.45) is 3.55. The Morgan fingerprint density at radius 3 is 2.70 bits per heavy atom. The minimum absolute atomic E-state index is 0.0495. The maximum absolute atomic E-state index is 12.2. The first kappa shape index (κ1) is 15.7. The Hall–Kier alpha value is -0.670. The minimum atomic E-state index is 0.0495. The van der Waals surface area contributed by atoms with E-state index in [0.717, 1.165) is 17.3 Å². The van der Waals surface area contributed by atoms with E-state index in [1.54, 1.807) is 0 Å². The Morgan fingerprint density at radius 2 is 2.05 bits per heavy atom. The molecular weight excluding hydrogens is 316 g/mol. The summed E-state index contributed by atoms with van der Waals surface area (Å²) >= 11 is 3.41. The highest BCUT2D eigenvalue weighted by molar-refractivity contribution is 9.10. The molecule has 0 aliphatic heterocycles. The van der Waals surface area contributed by atoms with E-state index in [4.69, 9.17) is 4.74 Å². The van der Waals surface area contributed by atoms with Gasteiger partial charge in [0.25, 0.3) is 0 Å². The molecule has 0 N–H and O–H groups in total. The number of carbonyl (C=O) groups is 1. The maximum atomic E-state index is 12.2. The molecule has 2 nitrogen and oxygen atoms in total. The third kappa shape index (κ3) is 4.16. The van der Waals surface area contributed by atoms with Crippen molar-refractivity contribution in [3.05, 3.63) is 34.3 Å². The standard InChI is InChI=1S/C17H23BrO2/c1-12-8-13(10-17(2,3)9-12)20-11-16(19)14-6-4-5-7-15(14)18/h4-7,12-13H,8-11H2,1-3H3. The van der Waals surface area contributed by atoms with E-state index in [9.17, 15) is 4.79 Å². The molecule has 1 aliphatic carbocycles. The van der Waals surface area contributed by atoms with Gasteiger partial charge in [-0.15, -0.1) is 0 Å². The topological polar surface area (TPSA) is 26.3 Å².